The van der Waals surface area contributed by atoms with Gasteiger partial charge in [-0.15, -0.1) is 0 Å². The molecule has 6 heteroatoms. The zero-order chi connectivity index (χ0) is 21.8. The summed E-state index contributed by atoms with van der Waals surface area (Å²) in [4.78, 5) is 12.1. The SMILES string of the molecule is COC(=O)CC1C(C)C(c2ccc(F)cc2)=NN1c1ccc(CC2CCNCC2)cc1. The van der Waals surface area contributed by atoms with Gasteiger partial charge in [0.1, 0.15) is 5.82 Å². The van der Waals surface area contributed by atoms with E-state index in [4.69, 9.17) is 9.84 Å². The molecule has 0 saturated carbocycles. The third-order valence-electron chi connectivity index (χ3n) is 6.47. The Labute approximate surface area is 183 Å². The van der Waals surface area contributed by atoms with Gasteiger partial charge in [0, 0.05) is 5.92 Å². The van der Waals surface area contributed by atoms with Crippen molar-refractivity contribution in [3.05, 3.63) is 65.5 Å². The molecule has 1 fully saturated rings. The molecule has 0 aromatic heterocycles. The van der Waals surface area contributed by atoms with Crippen LogP contribution in [0.4, 0.5) is 10.1 Å². The number of halogens is 1. The average Bonchev–Trinajstić information content (AvgIpc) is 3.11. The van der Waals surface area contributed by atoms with Crippen molar-refractivity contribution in [1.82, 2.24) is 5.32 Å². The predicted octanol–water partition coefficient (Wildman–Crippen LogP) is 4.16. The molecule has 5 nitrogen and oxygen atoms in total. The summed E-state index contributed by atoms with van der Waals surface area (Å²) in [7, 11) is 1.41. The Morgan fingerprint density at radius 3 is 2.45 bits per heavy atom. The molecule has 2 atom stereocenters. The third kappa shape index (κ3) is 4.96. The average molecular weight is 424 g/mol. The molecule has 2 aromatic rings. The summed E-state index contributed by atoms with van der Waals surface area (Å²) in [5, 5.41) is 10.2. The highest BCUT2D eigenvalue weighted by molar-refractivity contribution is 6.05. The minimum Gasteiger partial charge on any atom is -0.469 e. The van der Waals surface area contributed by atoms with Crippen LogP contribution in [0.3, 0.4) is 0 Å². The number of hydrogen-bond donors (Lipinski definition) is 1. The number of methoxy groups -OCH3 is 1. The molecule has 2 aliphatic rings. The van der Waals surface area contributed by atoms with Crippen LogP contribution in [0.25, 0.3) is 0 Å². The Bertz CT molecular complexity index is 921. The molecule has 1 saturated heterocycles. The van der Waals surface area contributed by atoms with Crippen molar-refractivity contribution in [1.29, 1.82) is 0 Å². The fourth-order valence-corrected chi connectivity index (χ4v) is 4.59. The Kier molecular flexibility index (Phi) is 6.66. The second kappa shape index (κ2) is 9.60. The third-order valence-corrected chi connectivity index (χ3v) is 6.47. The van der Waals surface area contributed by atoms with Crippen molar-refractivity contribution in [3.8, 4) is 0 Å². The van der Waals surface area contributed by atoms with Gasteiger partial charge in [-0.3, -0.25) is 9.80 Å². The van der Waals surface area contributed by atoms with Gasteiger partial charge in [-0.25, -0.2) is 4.39 Å². The van der Waals surface area contributed by atoms with E-state index in [-0.39, 0.29) is 30.2 Å². The number of esters is 1. The van der Waals surface area contributed by atoms with Gasteiger partial charge in [0.25, 0.3) is 0 Å². The van der Waals surface area contributed by atoms with Crippen molar-refractivity contribution < 1.29 is 13.9 Å². The number of nitrogens with zero attached hydrogens (tertiary/aromatic N) is 2. The van der Waals surface area contributed by atoms with Crippen LogP contribution in [0.2, 0.25) is 0 Å². The lowest BCUT2D eigenvalue weighted by molar-refractivity contribution is -0.141. The van der Waals surface area contributed by atoms with E-state index in [0.717, 1.165) is 42.4 Å². The Morgan fingerprint density at radius 2 is 1.81 bits per heavy atom. The van der Waals surface area contributed by atoms with Gasteiger partial charge in [-0.05, 0) is 73.7 Å². The van der Waals surface area contributed by atoms with Crippen molar-refractivity contribution in [3.63, 3.8) is 0 Å². The highest BCUT2D eigenvalue weighted by Gasteiger charge is 2.37. The summed E-state index contributed by atoms with van der Waals surface area (Å²) in [5.74, 6) is 0.190. The summed E-state index contributed by atoms with van der Waals surface area (Å²) in [6, 6.07) is 14.7. The van der Waals surface area contributed by atoms with Gasteiger partial charge in [-0.2, -0.15) is 5.10 Å². The maximum absolute atomic E-state index is 13.4. The van der Waals surface area contributed by atoms with E-state index >= 15 is 0 Å². The zero-order valence-corrected chi connectivity index (χ0v) is 18.2. The normalized spacial score (nSPS) is 21.8. The number of carbonyl (C=O) groups is 1. The van der Waals surface area contributed by atoms with Crippen LogP contribution in [0.5, 0.6) is 0 Å². The van der Waals surface area contributed by atoms with Gasteiger partial charge >= 0.3 is 5.97 Å². The van der Waals surface area contributed by atoms with Gasteiger partial charge in [-0.1, -0.05) is 31.2 Å². The van der Waals surface area contributed by atoms with E-state index in [1.165, 1.54) is 37.6 Å². The molecular weight excluding hydrogens is 393 g/mol. The molecular formula is C25H30FN3O2. The molecule has 2 heterocycles. The molecule has 0 aliphatic carbocycles. The van der Waals surface area contributed by atoms with Crippen LogP contribution in [-0.2, 0) is 16.0 Å². The number of hydrazone groups is 1. The number of ether oxygens (including phenoxy) is 1. The van der Waals surface area contributed by atoms with Crippen LogP contribution in [-0.4, -0.2) is 37.9 Å². The lowest BCUT2D eigenvalue weighted by Crippen LogP contribution is -2.34. The van der Waals surface area contributed by atoms with E-state index < -0.39 is 0 Å². The van der Waals surface area contributed by atoms with Crippen molar-refractivity contribution in [2.75, 3.05) is 25.2 Å². The van der Waals surface area contributed by atoms with Gasteiger partial charge in [0.15, 0.2) is 0 Å². The molecule has 0 bridgehead atoms. The highest BCUT2D eigenvalue weighted by Crippen LogP contribution is 2.33. The number of benzene rings is 2. The molecule has 164 valence electrons. The molecule has 31 heavy (non-hydrogen) atoms. The molecule has 4 rings (SSSR count). The van der Waals surface area contributed by atoms with Gasteiger partial charge in [0.05, 0.1) is 31.0 Å². The summed E-state index contributed by atoms with van der Waals surface area (Å²) >= 11 is 0. The largest absolute Gasteiger partial charge is 0.469 e. The predicted molar refractivity (Wildman–Crippen MR) is 121 cm³/mol. The van der Waals surface area contributed by atoms with E-state index in [1.54, 1.807) is 12.1 Å². The minimum atomic E-state index is -0.276. The number of hydrogen-bond acceptors (Lipinski definition) is 5. The number of nitrogens with one attached hydrogen (secondary N) is 1. The van der Waals surface area contributed by atoms with Crippen LogP contribution in [0.1, 0.15) is 37.3 Å². The highest BCUT2D eigenvalue weighted by atomic mass is 19.1. The quantitative estimate of drug-likeness (QED) is 0.709. The molecule has 1 N–H and O–H groups in total. The molecule has 0 spiro atoms. The number of rotatable bonds is 6. The van der Waals surface area contributed by atoms with E-state index in [2.05, 4.69) is 36.5 Å². The van der Waals surface area contributed by atoms with Crippen LogP contribution in [0.15, 0.2) is 53.6 Å². The van der Waals surface area contributed by atoms with Gasteiger partial charge < -0.3 is 10.1 Å². The van der Waals surface area contributed by atoms with E-state index in [0.29, 0.717) is 0 Å². The summed E-state index contributed by atoms with van der Waals surface area (Å²) in [6.45, 7) is 4.26. The molecule has 0 amide bonds. The number of carbonyl (C=O) groups excluding carboxylic acids is 1. The minimum absolute atomic E-state index is 0.000948. The Hall–Kier alpha value is -2.73. The first-order valence-electron chi connectivity index (χ1n) is 11.1. The smallest absolute Gasteiger partial charge is 0.307 e. The first kappa shape index (κ1) is 21.5. The molecule has 0 radical (unpaired) electrons. The lowest BCUT2D eigenvalue weighted by Gasteiger charge is -2.26. The molecule has 2 aliphatic heterocycles. The second-order valence-electron chi connectivity index (χ2n) is 8.54. The first-order valence-corrected chi connectivity index (χ1v) is 11.1. The summed E-state index contributed by atoms with van der Waals surface area (Å²) in [5.41, 5.74) is 4.00. The first-order chi connectivity index (χ1) is 15.0. The topological polar surface area (TPSA) is 53.9 Å². The van der Waals surface area contributed by atoms with Crippen LogP contribution in [0, 0.1) is 17.7 Å². The van der Waals surface area contributed by atoms with Crippen molar-refractivity contribution >= 4 is 17.4 Å². The standard InChI is InChI=1S/C25H30FN3O2/c1-17-23(16-24(30)31-2)29(28-25(17)20-5-7-21(26)8-6-20)22-9-3-18(4-10-22)15-19-11-13-27-14-12-19/h3-10,17,19,23,27H,11-16H2,1-2H3. The Morgan fingerprint density at radius 1 is 1.13 bits per heavy atom. The van der Waals surface area contributed by atoms with Crippen LogP contribution < -0.4 is 10.3 Å². The maximum Gasteiger partial charge on any atom is 0.307 e. The zero-order valence-electron chi connectivity index (χ0n) is 18.2. The Balaban J connectivity index is 1.57. The van der Waals surface area contributed by atoms with Crippen molar-refractivity contribution in [2.45, 2.75) is 38.6 Å². The van der Waals surface area contributed by atoms with E-state index in [9.17, 15) is 9.18 Å². The molecule has 2 aromatic carbocycles. The maximum atomic E-state index is 13.4. The fraction of sp³-hybridized carbons (Fsp3) is 0.440. The summed E-state index contributed by atoms with van der Waals surface area (Å²) < 4.78 is 18.3. The molecule has 2 unspecified atom stereocenters. The second-order valence-corrected chi connectivity index (χ2v) is 8.54. The monoisotopic (exact) mass is 423 g/mol. The lowest BCUT2D eigenvalue weighted by atomic mass is 9.90. The number of piperidine rings is 1. The number of anilines is 1. The van der Waals surface area contributed by atoms with Crippen molar-refractivity contribution in [2.24, 2.45) is 16.9 Å². The fourth-order valence-electron chi connectivity index (χ4n) is 4.59. The van der Waals surface area contributed by atoms with Gasteiger partial charge in [0.2, 0.25) is 0 Å². The van der Waals surface area contributed by atoms with Crippen LogP contribution >= 0.6 is 0 Å². The van der Waals surface area contributed by atoms with E-state index in [1.807, 2.05) is 5.01 Å². The summed E-state index contributed by atoms with van der Waals surface area (Å²) in [6.07, 6.45) is 3.77.